The molecule has 1 amide bonds. The standard InChI is InChI=1S/C16H19F3N4O.ClH/c1-10(11(2)20)15(24)21-9-12-3-5-13(6-4-12)23-8-7-14(22-23)16(17,18)19;/h3-8,10-11H,9,20H2,1-2H3,(H,21,24);1H. The minimum absolute atomic E-state index is 0. The highest BCUT2D eigenvalue weighted by Crippen LogP contribution is 2.27. The topological polar surface area (TPSA) is 72.9 Å². The first kappa shape index (κ1) is 21.0. The molecule has 9 heteroatoms. The molecule has 2 rings (SSSR count). The quantitative estimate of drug-likeness (QED) is 0.842. The second-order valence-electron chi connectivity index (χ2n) is 5.68. The number of nitrogens with one attached hydrogen (secondary N) is 1. The minimum atomic E-state index is -4.47. The molecule has 2 unspecified atom stereocenters. The van der Waals surface area contributed by atoms with Crippen LogP contribution in [-0.4, -0.2) is 21.7 Å². The maximum atomic E-state index is 12.6. The lowest BCUT2D eigenvalue weighted by molar-refractivity contribution is -0.141. The molecular weight excluding hydrogens is 357 g/mol. The second kappa shape index (κ2) is 8.35. The molecular formula is C16H20ClF3N4O. The second-order valence-corrected chi connectivity index (χ2v) is 5.68. The van der Waals surface area contributed by atoms with Gasteiger partial charge in [-0.15, -0.1) is 12.4 Å². The van der Waals surface area contributed by atoms with Crippen molar-refractivity contribution in [1.29, 1.82) is 0 Å². The first-order valence-electron chi connectivity index (χ1n) is 7.44. The van der Waals surface area contributed by atoms with Gasteiger partial charge in [-0.2, -0.15) is 18.3 Å². The Hall–Kier alpha value is -2.06. The molecule has 2 aromatic rings. The van der Waals surface area contributed by atoms with Crippen LogP contribution in [0.4, 0.5) is 13.2 Å². The molecule has 1 aromatic heterocycles. The van der Waals surface area contributed by atoms with Gasteiger partial charge in [-0.05, 0) is 30.7 Å². The van der Waals surface area contributed by atoms with E-state index in [0.29, 0.717) is 12.2 Å². The van der Waals surface area contributed by atoms with Gasteiger partial charge < -0.3 is 11.1 Å². The van der Waals surface area contributed by atoms with Crippen LogP contribution in [0.2, 0.25) is 0 Å². The van der Waals surface area contributed by atoms with Crippen LogP contribution >= 0.6 is 12.4 Å². The highest BCUT2D eigenvalue weighted by Gasteiger charge is 2.33. The Bertz CT molecular complexity index is 698. The van der Waals surface area contributed by atoms with Gasteiger partial charge in [0.2, 0.25) is 5.91 Å². The smallest absolute Gasteiger partial charge is 0.352 e. The maximum absolute atomic E-state index is 12.6. The summed E-state index contributed by atoms with van der Waals surface area (Å²) in [6.45, 7) is 3.83. The average molecular weight is 377 g/mol. The van der Waals surface area contributed by atoms with E-state index in [-0.39, 0.29) is 30.3 Å². The number of hydrogen-bond donors (Lipinski definition) is 2. The third-order valence-electron chi connectivity index (χ3n) is 3.75. The number of benzene rings is 1. The van der Waals surface area contributed by atoms with E-state index in [4.69, 9.17) is 5.73 Å². The van der Waals surface area contributed by atoms with E-state index >= 15 is 0 Å². The Morgan fingerprint density at radius 3 is 2.32 bits per heavy atom. The van der Waals surface area contributed by atoms with Gasteiger partial charge in [0.1, 0.15) is 0 Å². The Morgan fingerprint density at radius 1 is 1.24 bits per heavy atom. The monoisotopic (exact) mass is 376 g/mol. The van der Waals surface area contributed by atoms with E-state index in [1.165, 1.54) is 6.20 Å². The van der Waals surface area contributed by atoms with Crippen molar-refractivity contribution >= 4 is 18.3 Å². The van der Waals surface area contributed by atoms with Crippen molar-refractivity contribution in [1.82, 2.24) is 15.1 Å². The third-order valence-corrected chi connectivity index (χ3v) is 3.75. The number of rotatable bonds is 5. The number of nitrogens with zero attached hydrogens (tertiary/aromatic N) is 2. The summed E-state index contributed by atoms with van der Waals surface area (Å²) in [5.41, 5.74) is 6.06. The van der Waals surface area contributed by atoms with Crippen LogP contribution < -0.4 is 11.1 Å². The number of carbonyl (C=O) groups excluding carboxylic acids is 1. The van der Waals surface area contributed by atoms with E-state index in [1.54, 1.807) is 38.1 Å². The zero-order valence-corrected chi connectivity index (χ0v) is 14.6. The molecule has 1 heterocycles. The van der Waals surface area contributed by atoms with Crippen LogP contribution in [0.3, 0.4) is 0 Å². The van der Waals surface area contributed by atoms with Crippen molar-refractivity contribution in [3.63, 3.8) is 0 Å². The van der Waals surface area contributed by atoms with Crippen molar-refractivity contribution in [2.45, 2.75) is 32.6 Å². The largest absolute Gasteiger partial charge is 0.435 e. The first-order valence-corrected chi connectivity index (χ1v) is 7.44. The molecule has 3 N–H and O–H groups in total. The van der Waals surface area contributed by atoms with Crippen LogP contribution in [0.1, 0.15) is 25.1 Å². The summed E-state index contributed by atoms with van der Waals surface area (Å²) in [4.78, 5) is 11.8. The number of carbonyl (C=O) groups is 1. The lowest BCUT2D eigenvalue weighted by atomic mass is 10.0. The van der Waals surface area contributed by atoms with Crippen molar-refractivity contribution in [3.8, 4) is 5.69 Å². The number of alkyl halides is 3. The van der Waals surface area contributed by atoms with Gasteiger partial charge in [-0.25, -0.2) is 4.68 Å². The van der Waals surface area contributed by atoms with Gasteiger partial charge in [-0.3, -0.25) is 4.79 Å². The molecule has 0 radical (unpaired) electrons. The highest BCUT2D eigenvalue weighted by molar-refractivity contribution is 5.85. The zero-order valence-electron chi connectivity index (χ0n) is 13.7. The molecule has 0 aliphatic rings. The fraction of sp³-hybridized carbons (Fsp3) is 0.375. The summed E-state index contributed by atoms with van der Waals surface area (Å²) in [6.07, 6.45) is -3.21. The Morgan fingerprint density at radius 2 is 1.84 bits per heavy atom. The van der Waals surface area contributed by atoms with Crippen LogP contribution in [0.15, 0.2) is 36.5 Å². The van der Waals surface area contributed by atoms with Crippen LogP contribution in [0, 0.1) is 5.92 Å². The van der Waals surface area contributed by atoms with Crippen molar-refractivity contribution in [2.24, 2.45) is 11.7 Å². The maximum Gasteiger partial charge on any atom is 0.435 e. The van der Waals surface area contributed by atoms with Gasteiger partial charge in [0, 0.05) is 24.7 Å². The molecule has 1 aromatic carbocycles. The van der Waals surface area contributed by atoms with Crippen molar-refractivity contribution in [2.75, 3.05) is 0 Å². The molecule has 138 valence electrons. The zero-order chi connectivity index (χ0) is 17.9. The molecule has 0 saturated carbocycles. The number of nitrogens with two attached hydrogens (primary N) is 1. The lowest BCUT2D eigenvalue weighted by Gasteiger charge is -2.15. The van der Waals surface area contributed by atoms with Crippen LogP contribution in [-0.2, 0) is 17.5 Å². The molecule has 0 bridgehead atoms. The molecule has 5 nitrogen and oxygen atoms in total. The van der Waals surface area contributed by atoms with Gasteiger partial charge in [0.15, 0.2) is 5.69 Å². The van der Waals surface area contributed by atoms with Crippen molar-refractivity contribution < 1.29 is 18.0 Å². The van der Waals surface area contributed by atoms with E-state index in [2.05, 4.69) is 10.4 Å². The fourth-order valence-electron chi connectivity index (χ4n) is 1.97. The predicted octanol–water partition coefficient (Wildman–Crippen LogP) is 2.91. The molecule has 0 fully saturated rings. The number of amides is 1. The van der Waals surface area contributed by atoms with E-state index in [1.807, 2.05) is 0 Å². The van der Waals surface area contributed by atoms with Crippen LogP contribution in [0.25, 0.3) is 5.69 Å². The Kier molecular flexibility index (Phi) is 7.01. The molecule has 0 aliphatic carbocycles. The number of aromatic nitrogens is 2. The molecule has 0 aliphatic heterocycles. The van der Waals surface area contributed by atoms with Crippen molar-refractivity contribution in [3.05, 3.63) is 47.8 Å². The lowest BCUT2D eigenvalue weighted by Crippen LogP contribution is -2.38. The van der Waals surface area contributed by atoms with Gasteiger partial charge in [-0.1, -0.05) is 19.1 Å². The highest BCUT2D eigenvalue weighted by atomic mass is 35.5. The predicted molar refractivity (Wildman–Crippen MR) is 90.5 cm³/mol. The Balaban J connectivity index is 0.00000312. The fourth-order valence-corrected chi connectivity index (χ4v) is 1.97. The van der Waals surface area contributed by atoms with Crippen LogP contribution in [0.5, 0.6) is 0 Å². The van der Waals surface area contributed by atoms with E-state index < -0.39 is 11.9 Å². The van der Waals surface area contributed by atoms with E-state index in [0.717, 1.165) is 16.3 Å². The summed E-state index contributed by atoms with van der Waals surface area (Å²) < 4.78 is 38.8. The number of halogens is 4. The SMILES string of the molecule is CC(N)C(C)C(=O)NCc1ccc(-n2ccc(C(F)(F)F)n2)cc1.Cl. The molecule has 2 atom stereocenters. The summed E-state index contributed by atoms with van der Waals surface area (Å²) in [5.74, 6) is -0.440. The summed E-state index contributed by atoms with van der Waals surface area (Å²) >= 11 is 0. The molecule has 0 saturated heterocycles. The minimum Gasteiger partial charge on any atom is -0.352 e. The summed E-state index contributed by atoms with van der Waals surface area (Å²) in [5, 5.41) is 6.28. The van der Waals surface area contributed by atoms with E-state index in [9.17, 15) is 18.0 Å². The molecule has 0 spiro atoms. The normalized spacial score (nSPS) is 13.7. The van der Waals surface area contributed by atoms with Gasteiger partial charge >= 0.3 is 6.18 Å². The first-order chi connectivity index (χ1) is 11.2. The average Bonchev–Trinajstić information content (AvgIpc) is 3.02. The van der Waals surface area contributed by atoms with Gasteiger partial charge in [0.05, 0.1) is 5.69 Å². The third kappa shape index (κ3) is 5.47. The number of hydrogen-bond acceptors (Lipinski definition) is 3. The molecule has 25 heavy (non-hydrogen) atoms. The summed E-state index contributed by atoms with van der Waals surface area (Å²) in [7, 11) is 0. The van der Waals surface area contributed by atoms with Gasteiger partial charge in [0.25, 0.3) is 0 Å². The summed E-state index contributed by atoms with van der Waals surface area (Å²) in [6, 6.07) is 7.41. The Labute approximate surface area is 149 Å².